The van der Waals surface area contributed by atoms with Crippen LogP contribution in [0.15, 0.2) is 48.7 Å². The Labute approximate surface area is 94.9 Å². The monoisotopic (exact) mass is 213 g/mol. The van der Waals surface area contributed by atoms with Crippen LogP contribution in [0.4, 0.5) is 0 Å². The second kappa shape index (κ2) is 3.49. The van der Waals surface area contributed by atoms with Gasteiger partial charge in [0, 0.05) is 17.3 Å². The molecule has 2 heteroatoms. The molecular weight excluding hydrogens is 198 g/mol. The maximum absolute atomic E-state index is 10.4. The van der Waals surface area contributed by atoms with Crippen LogP contribution in [0.25, 0.3) is 0 Å². The molecule has 0 bridgehead atoms. The lowest BCUT2D eigenvalue weighted by Crippen LogP contribution is -2.18. The second-order valence-corrected chi connectivity index (χ2v) is 4.55. The summed E-state index contributed by atoms with van der Waals surface area (Å²) >= 11 is 0. The smallest absolute Gasteiger partial charge is 0.103 e. The lowest BCUT2D eigenvalue weighted by Gasteiger charge is -2.21. The molecule has 82 valence electrons. The van der Waals surface area contributed by atoms with Crippen LogP contribution < -0.4 is 0 Å². The molecule has 2 N–H and O–H groups in total. The number of aliphatic hydroxyl groups is 1. The molecule has 0 radical (unpaired) electrons. The van der Waals surface area contributed by atoms with E-state index in [1.165, 1.54) is 5.56 Å². The molecule has 1 atom stereocenters. The molecule has 1 fully saturated rings. The van der Waals surface area contributed by atoms with Crippen molar-refractivity contribution in [3.63, 3.8) is 0 Å². The molecule has 0 saturated heterocycles. The fourth-order valence-corrected chi connectivity index (χ4v) is 2.44. The van der Waals surface area contributed by atoms with Crippen molar-refractivity contribution in [3.05, 3.63) is 59.9 Å². The van der Waals surface area contributed by atoms with Gasteiger partial charge in [0.25, 0.3) is 0 Å². The SMILES string of the molecule is OC(c1ccc[nH]1)C1(c2ccccc2)CC1. The Morgan fingerprint density at radius 1 is 1.06 bits per heavy atom. The van der Waals surface area contributed by atoms with E-state index in [-0.39, 0.29) is 5.41 Å². The highest BCUT2D eigenvalue weighted by Crippen LogP contribution is 2.56. The van der Waals surface area contributed by atoms with Crippen LogP contribution in [0.3, 0.4) is 0 Å². The summed E-state index contributed by atoms with van der Waals surface area (Å²) in [6, 6.07) is 14.2. The zero-order valence-corrected chi connectivity index (χ0v) is 9.06. The van der Waals surface area contributed by atoms with Crippen molar-refractivity contribution < 1.29 is 5.11 Å². The second-order valence-electron chi connectivity index (χ2n) is 4.55. The Hall–Kier alpha value is -1.54. The average Bonchev–Trinajstić information content (AvgIpc) is 2.97. The van der Waals surface area contributed by atoms with Gasteiger partial charge < -0.3 is 10.1 Å². The van der Waals surface area contributed by atoms with E-state index in [0.29, 0.717) is 0 Å². The first-order valence-corrected chi connectivity index (χ1v) is 5.70. The Balaban J connectivity index is 1.95. The van der Waals surface area contributed by atoms with E-state index in [0.717, 1.165) is 18.5 Å². The minimum absolute atomic E-state index is 0.0495. The zero-order valence-electron chi connectivity index (χ0n) is 9.06. The van der Waals surface area contributed by atoms with E-state index < -0.39 is 6.10 Å². The van der Waals surface area contributed by atoms with Crippen LogP contribution in [0.1, 0.15) is 30.2 Å². The number of benzene rings is 1. The van der Waals surface area contributed by atoms with Gasteiger partial charge in [-0.3, -0.25) is 0 Å². The molecule has 0 amide bonds. The molecule has 1 saturated carbocycles. The van der Waals surface area contributed by atoms with Crippen LogP contribution in [0.2, 0.25) is 0 Å². The van der Waals surface area contributed by atoms with E-state index in [2.05, 4.69) is 17.1 Å². The summed E-state index contributed by atoms with van der Waals surface area (Å²) in [5.74, 6) is 0. The first-order chi connectivity index (χ1) is 7.83. The van der Waals surface area contributed by atoms with Gasteiger partial charge >= 0.3 is 0 Å². The highest BCUT2D eigenvalue weighted by molar-refractivity contribution is 5.35. The standard InChI is InChI=1S/C14H15NO/c16-13(12-7-4-10-15-12)14(8-9-14)11-5-2-1-3-6-11/h1-7,10,13,15-16H,8-9H2. The molecule has 3 rings (SSSR count). The van der Waals surface area contributed by atoms with Gasteiger partial charge in [-0.15, -0.1) is 0 Å². The van der Waals surface area contributed by atoms with Crippen LogP contribution in [-0.2, 0) is 5.41 Å². The van der Waals surface area contributed by atoms with Gasteiger partial charge in [0.05, 0.1) is 0 Å². The van der Waals surface area contributed by atoms with Gasteiger partial charge in [0.1, 0.15) is 6.10 Å². The van der Waals surface area contributed by atoms with Gasteiger partial charge in [0.15, 0.2) is 0 Å². The van der Waals surface area contributed by atoms with E-state index >= 15 is 0 Å². The average molecular weight is 213 g/mol. The Bertz CT molecular complexity index is 457. The quantitative estimate of drug-likeness (QED) is 0.808. The van der Waals surface area contributed by atoms with E-state index in [1.807, 2.05) is 36.5 Å². The minimum atomic E-state index is -0.412. The molecule has 0 aliphatic heterocycles. The highest BCUT2D eigenvalue weighted by Gasteiger charge is 2.51. The maximum atomic E-state index is 10.4. The number of aromatic nitrogens is 1. The van der Waals surface area contributed by atoms with Crippen molar-refractivity contribution in [3.8, 4) is 0 Å². The molecule has 1 aliphatic carbocycles. The molecule has 16 heavy (non-hydrogen) atoms. The molecule has 1 unspecified atom stereocenters. The number of aliphatic hydroxyl groups excluding tert-OH is 1. The normalized spacial score (nSPS) is 19.3. The summed E-state index contributed by atoms with van der Waals surface area (Å²) in [6.45, 7) is 0. The van der Waals surface area contributed by atoms with Crippen molar-refractivity contribution in [2.24, 2.45) is 0 Å². The van der Waals surface area contributed by atoms with Gasteiger partial charge in [-0.2, -0.15) is 0 Å². The van der Waals surface area contributed by atoms with Crippen LogP contribution in [-0.4, -0.2) is 10.1 Å². The van der Waals surface area contributed by atoms with Crippen molar-refractivity contribution in [1.82, 2.24) is 4.98 Å². The topological polar surface area (TPSA) is 36.0 Å². The van der Waals surface area contributed by atoms with Crippen molar-refractivity contribution in [1.29, 1.82) is 0 Å². The van der Waals surface area contributed by atoms with E-state index in [1.54, 1.807) is 0 Å². The summed E-state index contributed by atoms with van der Waals surface area (Å²) in [7, 11) is 0. The lowest BCUT2D eigenvalue weighted by atomic mass is 9.88. The molecule has 1 aliphatic rings. The summed E-state index contributed by atoms with van der Waals surface area (Å²) in [6.07, 6.45) is 3.58. The highest BCUT2D eigenvalue weighted by atomic mass is 16.3. The number of H-pyrrole nitrogens is 1. The number of hydrogen-bond acceptors (Lipinski definition) is 1. The molecule has 1 heterocycles. The summed E-state index contributed by atoms with van der Waals surface area (Å²) in [5.41, 5.74) is 2.12. The van der Waals surface area contributed by atoms with E-state index in [4.69, 9.17) is 0 Å². The third kappa shape index (κ3) is 1.38. The van der Waals surface area contributed by atoms with E-state index in [9.17, 15) is 5.11 Å². The largest absolute Gasteiger partial charge is 0.386 e. The van der Waals surface area contributed by atoms with Gasteiger partial charge in [-0.1, -0.05) is 30.3 Å². The minimum Gasteiger partial charge on any atom is -0.386 e. The Morgan fingerprint density at radius 3 is 2.38 bits per heavy atom. The maximum Gasteiger partial charge on any atom is 0.103 e. The zero-order chi connectivity index (χ0) is 11.0. The third-order valence-corrected chi connectivity index (χ3v) is 3.58. The predicted molar refractivity (Wildman–Crippen MR) is 63.1 cm³/mol. The first-order valence-electron chi connectivity index (χ1n) is 5.70. The van der Waals surface area contributed by atoms with Gasteiger partial charge in [-0.25, -0.2) is 0 Å². The Kier molecular flexibility index (Phi) is 2.11. The molecule has 2 nitrogen and oxygen atoms in total. The number of aromatic amines is 1. The molecule has 1 aromatic heterocycles. The molecular formula is C14H15NO. The van der Waals surface area contributed by atoms with Crippen LogP contribution in [0.5, 0.6) is 0 Å². The summed E-state index contributed by atoms with van der Waals surface area (Å²) in [5, 5.41) is 10.4. The molecule has 0 spiro atoms. The van der Waals surface area contributed by atoms with Crippen molar-refractivity contribution in [2.45, 2.75) is 24.4 Å². The fraction of sp³-hybridized carbons (Fsp3) is 0.286. The predicted octanol–water partition coefficient (Wildman–Crippen LogP) is 2.78. The number of hydrogen-bond donors (Lipinski definition) is 2. The first kappa shape index (κ1) is 9.67. The summed E-state index contributed by atoms with van der Waals surface area (Å²) in [4.78, 5) is 3.10. The van der Waals surface area contributed by atoms with Gasteiger partial charge in [0.2, 0.25) is 0 Å². The molecule has 1 aromatic carbocycles. The fourth-order valence-electron chi connectivity index (χ4n) is 2.44. The van der Waals surface area contributed by atoms with Crippen molar-refractivity contribution >= 4 is 0 Å². The number of nitrogens with one attached hydrogen (secondary N) is 1. The third-order valence-electron chi connectivity index (χ3n) is 3.58. The van der Waals surface area contributed by atoms with Crippen molar-refractivity contribution in [2.75, 3.05) is 0 Å². The van der Waals surface area contributed by atoms with Gasteiger partial charge in [-0.05, 0) is 30.5 Å². The Morgan fingerprint density at radius 2 is 1.81 bits per heavy atom. The van der Waals surface area contributed by atoms with Crippen LogP contribution >= 0.6 is 0 Å². The molecule has 2 aromatic rings. The van der Waals surface area contributed by atoms with Crippen LogP contribution in [0, 0.1) is 0 Å². The summed E-state index contributed by atoms with van der Waals surface area (Å²) < 4.78 is 0. The lowest BCUT2D eigenvalue weighted by molar-refractivity contribution is 0.129. The number of rotatable bonds is 3.